The largest absolute Gasteiger partial charge is 0.478 e. The van der Waals surface area contributed by atoms with Gasteiger partial charge in [0.2, 0.25) is 10.0 Å². The fourth-order valence-corrected chi connectivity index (χ4v) is 6.18. The minimum atomic E-state index is -3.90. The van der Waals surface area contributed by atoms with Gasteiger partial charge in [-0.3, -0.25) is 0 Å². The highest BCUT2D eigenvalue weighted by Gasteiger charge is 2.25. The number of fused-ring (bicyclic) bond motifs is 1. The molecule has 4 rings (SSSR count). The molecule has 210 valence electrons. The van der Waals surface area contributed by atoms with Crippen molar-refractivity contribution in [1.29, 1.82) is 0 Å². The lowest BCUT2D eigenvalue weighted by atomic mass is 9.93. The van der Waals surface area contributed by atoms with Crippen LogP contribution in [0, 0.1) is 0 Å². The highest BCUT2D eigenvalue weighted by molar-refractivity contribution is 7.89. The maximum atomic E-state index is 13.3. The van der Waals surface area contributed by atoms with Crippen molar-refractivity contribution < 1.29 is 23.4 Å². The number of nitrogens with one attached hydrogen (secondary N) is 1. The van der Waals surface area contributed by atoms with Crippen molar-refractivity contribution in [3.05, 3.63) is 101 Å². The van der Waals surface area contributed by atoms with Crippen LogP contribution >= 0.6 is 11.6 Å². The first kappa shape index (κ1) is 29.7. The maximum Gasteiger partial charge on any atom is 0.337 e. The summed E-state index contributed by atoms with van der Waals surface area (Å²) in [6.45, 7) is 4.23. The molecule has 0 heterocycles. The second-order valence-corrected chi connectivity index (χ2v) is 13.0. The first-order valence-electron chi connectivity index (χ1n) is 12.9. The summed E-state index contributed by atoms with van der Waals surface area (Å²) in [5, 5.41) is 25.7. The predicted molar refractivity (Wildman–Crippen MR) is 159 cm³/mol. The minimum Gasteiger partial charge on any atom is -0.478 e. The van der Waals surface area contributed by atoms with E-state index in [1.165, 1.54) is 47.6 Å². The molecule has 0 aliphatic rings. The van der Waals surface area contributed by atoms with Crippen LogP contribution in [0.4, 0.5) is 0 Å². The van der Waals surface area contributed by atoms with Gasteiger partial charge in [0.25, 0.3) is 0 Å². The van der Waals surface area contributed by atoms with Gasteiger partial charge in [-0.2, -0.15) is 4.31 Å². The molecular weight excluding hydrogens is 548 g/mol. The van der Waals surface area contributed by atoms with Crippen molar-refractivity contribution >= 4 is 38.4 Å². The standard InChI is InChI=1S/C31H33ClN2O5S/c1-31(2,18-21-11-12-22-7-4-5-8-23(22)15-21)33-19-26(35)20-34(3)40(38,39)27-10-6-9-24(16-27)25-13-14-28(30(36)37)29(32)17-25/h4-17,26,33,35H,18-20H2,1-3H3,(H,36,37). The van der Waals surface area contributed by atoms with Crippen molar-refractivity contribution in [2.24, 2.45) is 0 Å². The van der Waals surface area contributed by atoms with E-state index in [9.17, 15) is 23.4 Å². The molecule has 4 aromatic rings. The Labute approximate surface area is 240 Å². The van der Waals surface area contributed by atoms with Crippen molar-refractivity contribution in [2.45, 2.75) is 36.8 Å². The molecule has 40 heavy (non-hydrogen) atoms. The van der Waals surface area contributed by atoms with Gasteiger partial charge in [0.05, 0.1) is 21.6 Å². The Hall–Kier alpha value is -3.27. The monoisotopic (exact) mass is 580 g/mol. The number of aliphatic hydroxyl groups is 1. The Morgan fingerprint density at radius 2 is 1.65 bits per heavy atom. The van der Waals surface area contributed by atoms with Crippen molar-refractivity contribution in [1.82, 2.24) is 9.62 Å². The number of carbonyl (C=O) groups is 1. The number of sulfonamides is 1. The number of hydrogen-bond acceptors (Lipinski definition) is 5. The molecule has 7 nitrogen and oxygen atoms in total. The normalized spacial score (nSPS) is 13.1. The number of hydrogen-bond donors (Lipinski definition) is 3. The van der Waals surface area contributed by atoms with Crippen LogP contribution in [0.3, 0.4) is 0 Å². The van der Waals surface area contributed by atoms with Gasteiger partial charge < -0.3 is 15.5 Å². The topological polar surface area (TPSA) is 107 Å². The Balaban J connectivity index is 1.39. The van der Waals surface area contributed by atoms with Crippen LogP contribution < -0.4 is 5.32 Å². The molecule has 0 amide bonds. The van der Waals surface area contributed by atoms with Crippen molar-refractivity contribution in [3.63, 3.8) is 0 Å². The Bertz CT molecular complexity index is 1640. The lowest BCUT2D eigenvalue weighted by molar-refractivity contribution is 0.0697. The lowest BCUT2D eigenvalue weighted by Crippen LogP contribution is -2.47. The number of aliphatic hydroxyl groups excluding tert-OH is 1. The summed E-state index contributed by atoms with van der Waals surface area (Å²) in [7, 11) is -2.47. The summed E-state index contributed by atoms with van der Waals surface area (Å²) in [4.78, 5) is 11.3. The smallest absolute Gasteiger partial charge is 0.337 e. The first-order valence-corrected chi connectivity index (χ1v) is 14.7. The molecule has 1 unspecified atom stereocenters. The molecule has 0 aliphatic carbocycles. The number of halogens is 1. The van der Waals surface area contributed by atoms with Gasteiger partial charge in [-0.15, -0.1) is 0 Å². The van der Waals surface area contributed by atoms with Gasteiger partial charge in [-0.25, -0.2) is 13.2 Å². The van der Waals surface area contributed by atoms with E-state index in [2.05, 4.69) is 49.5 Å². The molecule has 0 saturated heterocycles. The zero-order chi connectivity index (χ0) is 29.1. The molecule has 3 N–H and O–H groups in total. The second-order valence-electron chi connectivity index (χ2n) is 10.6. The van der Waals surface area contributed by atoms with Gasteiger partial charge in [-0.1, -0.05) is 72.3 Å². The number of benzene rings is 4. The van der Waals surface area contributed by atoms with E-state index in [0.717, 1.165) is 10.7 Å². The van der Waals surface area contributed by atoms with E-state index in [0.29, 0.717) is 11.1 Å². The van der Waals surface area contributed by atoms with Gasteiger partial charge in [0.1, 0.15) is 0 Å². The highest BCUT2D eigenvalue weighted by Crippen LogP contribution is 2.28. The molecule has 0 spiro atoms. The Morgan fingerprint density at radius 1 is 0.950 bits per heavy atom. The van der Waals surface area contributed by atoms with Crippen LogP contribution in [0.25, 0.3) is 21.9 Å². The third-order valence-corrected chi connectivity index (χ3v) is 8.95. The number of carboxylic acid groups (broad SMARTS) is 1. The van der Waals surface area contributed by atoms with Crippen LogP contribution in [-0.4, -0.2) is 60.7 Å². The van der Waals surface area contributed by atoms with Crippen molar-refractivity contribution in [3.8, 4) is 11.1 Å². The zero-order valence-corrected chi connectivity index (χ0v) is 24.2. The van der Waals surface area contributed by atoms with Crippen LogP contribution in [0.5, 0.6) is 0 Å². The summed E-state index contributed by atoms with van der Waals surface area (Å²) in [6.07, 6.45) is -0.190. The van der Waals surface area contributed by atoms with E-state index < -0.39 is 22.1 Å². The fourth-order valence-electron chi connectivity index (χ4n) is 4.66. The van der Waals surface area contributed by atoms with Gasteiger partial charge >= 0.3 is 5.97 Å². The number of nitrogens with zero attached hydrogens (tertiary/aromatic N) is 1. The van der Waals surface area contributed by atoms with Crippen LogP contribution in [0.2, 0.25) is 5.02 Å². The zero-order valence-electron chi connectivity index (χ0n) is 22.6. The van der Waals surface area contributed by atoms with E-state index in [1.54, 1.807) is 18.2 Å². The summed E-state index contributed by atoms with van der Waals surface area (Å²) >= 11 is 6.10. The third-order valence-electron chi connectivity index (χ3n) is 6.82. The van der Waals surface area contributed by atoms with Crippen LogP contribution in [0.15, 0.2) is 89.8 Å². The molecule has 0 aliphatic heterocycles. The van der Waals surface area contributed by atoms with Gasteiger partial charge in [-0.05, 0) is 72.0 Å². The fraction of sp³-hybridized carbons (Fsp3) is 0.258. The number of likely N-dealkylation sites (N-methyl/N-ethyl adjacent to an activating group) is 1. The first-order chi connectivity index (χ1) is 18.9. The molecule has 1 atom stereocenters. The Morgan fingerprint density at radius 3 is 2.35 bits per heavy atom. The lowest BCUT2D eigenvalue weighted by Gasteiger charge is -2.29. The minimum absolute atomic E-state index is 0.0306. The molecule has 0 saturated carbocycles. The predicted octanol–water partition coefficient (Wildman–Crippen LogP) is 5.45. The maximum absolute atomic E-state index is 13.3. The van der Waals surface area contributed by atoms with Crippen molar-refractivity contribution in [2.75, 3.05) is 20.1 Å². The molecule has 0 fully saturated rings. The average Bonchev–Trinajstić information content (AvgIpc) is 2.91. The van der Waals surface area contributed by atoms with E-state index in [1.807, 2.05) is 12.1 Å². The third kappa shape index (κ3) is 7.08. The number of carboxylic acids is 1. The van der Waals surface area contributed by atoms with Crippen LogP contribution in [-0.2, 0) is 16.4 Å². The molecule has 0 radical (unpaired) electrons. The summed E-state index contributed by atoms with van der Waals surface area (Å²) in [5.41, 5.74) is 1.98. The van der Waals surface area contributed by atoms with Crippen LogP contribution in [0.1, 0.15) is 29.8 Å². The Kier molecular flexibility index (Phi) is 8.97. The highest BCUT2D eigenvalue weighted by atomic mass is 35.5. The quantitative estimate of drug-likeness (QED) is 0.218. The molecule has 0 bridgehead atoms. The van der Waals surface area contributed by atoms with Gasteiger partial charge in [0.15, 0.2) is 0 Å². The number of aromatic carboxylic acids is 1. The average molecular weight is 581 g/mol. The SMILES string of the molecule is CN(CC(O)CNC(C)(C)Cc1ccc2ccccc2c1)S(=O)(=O)c1cccc(-c2ccc(C(=O)O)c(Cl)c2)c1. The molecule has 9 heteroatoms. The van der Waals surface area contributed by atoms with E-state index in [-0.39, 0.29) is 34.1 Å². The van der Waals surface area contributed by atoms with E-state index in [4.69, 9.17) is 11.6 Å². The molecule has 4 aromatic carbocycles. The molecular formula is C31H33ClN2O5S. The van der Waals surface area contributed by atoms with Gasteiger partial charge in [0, 0.05) is 25.7 Å². The molecule has 0 aromatic heterocycles. The van der Waals surface area contributed by atoms with E-state index >= 15 is 0 Å². The number of β-amino-alcohol motifs (C(OH)–C–C–N with tert-alkyl or cyclic N) is 1. The number of rotatable bonds is 11. The second kappa shape index (κ2) is 12.1. The summed E-state index contributed by atoms with van der Waals surface area (Å²) in [5.74, 6) is -1.14. The summed E-state index contributed by atoms with van der Waals surface area (Å²) < 4.78 is 27.7. The summed E-state index contributed by atoms with van der Waals surface area (Å²) in [6, 6.07) is 25.4.